The second-order valence-electron chi connectivity index (χ2n) is 6.94. The number of hydrogen-bond donors (Lipinski definition) is 1. The van der Waals surface area contributed by atoms with E-state index in [1.165, 1.54) is 11.1 Å². The van der Waals surface area contributed by atoms with E-state index in [9.17, 15) is 4.79 Å². The molecule has 0 aliphatic carbocycles. The number of nitrogens with zero attached hydrogens (tertiary/aromatic N) is 3. The van der Waals surface area contributed by atoms with Gasteiger partial charge in [-0.3, -0.25) is 9.69 Å². The van der Waals surface area contributed by atoms with Gasteiger partial charge >= 0.3 is 0 Å². The van der Waals surface area contributed by atoms with Crippen LogP contribution in [0.4, 0.5) is 0 Å². The predicted octanol–water partition coefficient (Wildman–Crippen LogP) is 2.19. The molecule has 0 radical (unpaired) electrons. The molecule has 1 atom stereocenters. The molecule has 8 heteroatoms. The number of halogens is 2. The van der Waals surface area contributed by atoms with Gasteiger partial charge in [0.05, 0.1) is 18.3 Å². The lowest BCUT2D eigenvalue weighted by molar-refractivity contribution is -0.135. The minimum atomic E-state index is -0.0987. The molecule has 1 fully saturated rings. The van der Waals surface area contributed by atoms with Crippen LogP contribution in [-0.2, 0) is 24.3 Å². The third-order valence-corrected chi connectivity index (χ3v) is 5.12. The first-order chi connectivity index (χ1) is 12.2. The molecule has 1 aromatic carbocycles. The van der Waals surface area contributed by atoms with Crippen molar-refractivity contribution in [2.24, 2.45) is 0 Å². The molecule has 1 N–H and O–H groups in total. The molecule has 148 valence electrons. The van der Waals surface area contributed by atoms with Crippen molar-refractivity contribution in [2.75, 3.05) is 26.2 Å². The molecule has 1 saturated heterocycles. The SMILES string of the molecule is Cc1cc(CN2CCN(C(=O)C3Cc4ccccc4CN3)CC2)on1.Cl.Cl. The summed E-state index contributed by atoms with van der Waals surface area (Å²) in [5, 5.41) is 7.33. The molecular weight excluding hydrogens is 387 g/mol. The zero-order valence-corrected chi connectivity index (χ0v) is 17.0. The number of carbonyl (C=O) groups excluding carboxylic acids is 1. The lowest BCUT2D eigenvalue weighted by Crippen LogP contribution is -2.55. The van der Waals surface area contributed by atoms with Crippen molar-refractivity contribution >= 4 is 30.7 Å². The van der Waals surface area contributed by atoms with Crippen LogP contribution in [-0.4, -0.2) is 53.1 Å². The summed E-state index contributed by atoms with van der Waals surface area (Å²) in [5.74, 6) is 1.12. The molecular formula is C19H26Cl2N4O2. The Hall–Kier alpha value is -1.60. The van der Waals surface area contributed by atoms with Crippen molar-refractivity contribution in [1.29, 1.82) is 0 Å². The minimum absolute atomic E-state index is 0. The molecule has 1 unspecified atom stereocenters. The maximum absolute atomic E-state index is 12.8. The van der Waals surface area contributed by atoms with Crippen molar-refractivity contribution < 1.29 is 9.32 Å². The normalized spacial score (nSPS) is 19.6. The van der Waals surface area contributed by atoms with E-state index in [0.29, 0.717) is 0 Å². The summed E-state index contributed by atoms with van der Waals surface area (Å²) in [6.45, 7) is 6.75. The third-order valence-electron chi connectivity index (χ3n) is 5.12. The number of rotatable bonds is 3. The Kier molecular flexibility index (Phi) is 7.68. The molecule has 2 aromatic rings. The van der Waals surface area contributed by atoms with Gasteiger partial charge in [0.1, 0.15) is 0 Å². The zero-order chi connectivity index (χ0) is 17.2. The van der Waals surface area contributed by atoms with E-state index in [1.54, 1.807) is 0 Å². The van der Waals surface area contributed by atoms with E-state index in [0.717, 1.165) is 57.1 Å². The number of aromatic nitrogens is 1. The number of amides is 1. The summed E-state index contributed by atoms with van der Waals surface area (Å²) >= 11 is 0. The average molecular weight is 413 g/mol. The zero-order valence-electron chi connectivity index (χ0n) is 15.4. The molecule has 2 aliphatic rings. The van der Waals surface area contributed by atoms with Gasteiger partial charge in [0.2, 0.25) is 5.91 Å². The Morgan fingerprint density at radius 1 is 1.19 bits per heavy atom. The number of carbonyl (C=O) groups is 1. The standard InChI is InChI=1S/C19H24N4O2.2ClH/c1-14-10-17(25-21-14)13-22-6-8-23(9-7-22)19(24)18-11-15-4-2-3-5-16(15)12-20-18;;/h2-5,10,18,20H,6-9,11-13H2,1H3;2*1H. The topological polar surface area (TPSA) is 61.6 Å². The molecule has 1 aromatic heterocycles. The first-order valence-electron chi connectivity index (χ1n) is 8.92. The largest absolute Gasteiger partial charge is 0.360 e. The fourth-order valence-corrected chi connectivity index (χ4v) is 3.69. The summed E-state index contributed by atoms with van der Waals surface area (Å²) in [4.78, 5) is 17.2. The summed E-state index contributed by atoms with van der Waals surface area (Å²) < 4.78 is 5.29. The van der Waals surface area contributed by atoms with Crippen LogP contribution in [0.15, 0.2) is 34.9 Å². The number of nitrogens with one attached hydrogen (secondary N) is 1. The van der Waals surface area contributed by atoms with Crippen molar-refractivity contribution in [1.82, 2.24) is 20.3 Å². The van der Waals surface area contributed by atoms with E-state index in [1.807, 2.05) is 17.9 Å². The van der Waals surface area contributed by atoms with Crippen LogP contribution in [0.1, 0.15) is 22.6 Å². The van der Waals surface area contributed by atoms with Crippen LogP contribution >= 0.6 is 24.8 Å². The maximum atomic E-state index is 12.8. The van der Waals surface area contributed by atoms with Gasteiger partial charge in [-0.15, -0.1) is 24.8 Å². The molecule has 1 amide bonds. The second kappa shape index (κ2) is 9.55. The molecule has 4 rings (SSSR count). The Bertz CT molecular complexity index is 760. The molecule has 0 spiro atoms. The Morgan fingerprint density at radius 2 is 1.89 bits per heavy atom. The van der Waals surface area contributed by atoms with Gasteiger partial charge in [0.15, 0.2) is 5.76 Å². The lowest BCUT2D eigenvalue weighted by Gasteiger charge is -2.37. The van der Waals surface area contributed by atoms with Gasteiger partial charge in [0, 0.05) is 38.8 Å². The minimum Gasteiger partial charge on any atom is -0.360 e. The predicted molar refractivity (Wildman–Crippen MR) is 108 cm³/mol. The second-order valence-corrected chi connectivity index (χ2v) is 6.94. The lowest BCUT2D eigenvalue weighted by atomic mass is 9.95. The van der Waals surface area contributed by atoms with E-state index >= 15 is 0 Å². The summed E-state index contributed by atoms with van der Waals surface area (Å²) in [6, 6.07) is 10.2. The Morgan fingerprint density at radius 3 is 2.56 bits per heavy atom. The van der Waals surface area contributed by atoms with E-state index in [2.05, 4.69) is 39.6 Å². The molecule has 0 bridgehead atoms. The van der Waals surface area contributed by atoms with Gasteiger partial charge < -0.3 is 14.7 Å². The number of hydrogen-bond acceptors (Lipinski definition) is 5. The summed E-state index contributed by atoms with van der Waals surface area (Å²) in [7, 11) is 0. The highest BCUT2D eigenvalue weighted by Gasteiger charge is 2.30. The molecule has 6 nitrogen and oxygen atoms in total. The first-order valence-corrected chi connectivity index (χ1v) is 8.92. The summed E-state index contributed by atoms with van der Waals surface area (Å²) in [6.07, 6.45) is 0.784. The third kappa shape index (κ3) is 5.02. The maximum Gasteiger partial charge on any atom is 0.240 e. The van der Waals surface area contributed by atoms with Crippen molar-refractivity contribution in [3.05, 3.63) is 52.9 Å². The highest BCUT2D eigenvalue weighted by Crippen LogP contribution is 2.18. The molecule has 0 saturated carbocycles. The average Bonchev–Trinajstić information content (AvgIpc) is 3.06. The van der Waals surface area contributed by atoms with Crippen LogP contribution in [0.25, 0.3) is 0 Å². The smallest absolute Gasteiger partial charge is 0.240 e. The Balaban J connectivity index is 0.00000131. The van der Waals surface area contributed by atoms with Gasteiger partial charge in [0.25, 0.3) is 0 Å². The van der Waals surface area contributed by atoms with Crippen LogP contribution in [0.3, 0.4) is 0 Å². The van der Waals surface area contributed by atoms with Crippen LogP contribution in [0.5, 0.6) is 0 Å². The number of piperazine rings is 1. The number of aryl methyl sites for hydroxylation is 1. The number of fused-ring (bicyclic) bond motifs is 1. The monoisotopic (exact) mass is 412 g/mol. The van der Waals surface area contributed by atoms with Gasteiger partial charge in [-0.25, -0.2) is 0 Å². The Labute approximate surface area is 172 Å². The summed E-state index contributed by atoms with van der Waals surface area (Å²) in [5.41, 5.74) is 3.50. The van der Waals surface area contributed by atoms with Crippen molar-refractivity contribution in [3.63, 3.8) is 0 Å². The molecule has 2 aliphatic heterocycles. The first kappa shape index (κ1) is 21.7. The van der Waals surface area contributed by atoms with Crippen molar-refractivity contribution in [3.8, 4) is 0 Å². The fourth-order valence-electron chi connectivity index (χ4n) is 3.69. The molecule has 3 heterocycles. The van der Waals surface area contributed by atoms with Crippen LogP contribution in [0, 0.1) is 6.92 Å². The van der Waals surface area contributed by atoms with Gasteiger partial charge in [-0.1, -0.05) is 29.4 Å². The fraction of sp³-hybridized carbons (Fsp3) is 0.474. The van der Waals surface area contributed by atoms with Gasteiger partial charge in [-0.2, -0.15) is 0 Å². The highest BCUT2D eigenvalue weighted by molar-refractivity contribution is 5.85. The molecule has 27 heavy (non-hydrogen) atoms. The van der Waals surface area contributed by atoms with Crippen LogP contribution in [0.2, 0.25) is 0 Å². The quantitative estimate of drug-likeness (QED) is 0.836. The van der Waals surface area contributed by atoms with Gasteiger partial charge in [-0.05, 0) is 24.5 Å². The van der Waals surface area contributed by atoms with E-state index in [4.69, 9.17) is 4.52 Å². The van der Waals surface area contributed by atoms with Crippen molar-refractivity contribution in [2.45, 2.75) is 32.5 Å². The van der Waals surface area contributed by atoms with E-state index in [-0.39, 0.29) is 36.8 Å². The number of benzene rings is 1. The highest BCUT2D eigenvalue weighted by atomic mass is 35.5. The van der Waals surface area contributed by atoms with E-state index < -0.39 is 0 Å². The van der Waals surface area contributed by atoms with Crippen LogP contribution < -0.4 is 5.32 Å².